The van der Waals surface area contributed by atoms with E-state index in [9.17, 15) is 13.2 Å². The molecule has 0 atom stereocenters. The maximum Gasteiger partial charge on any atom is 0.303 e. The van der Waals surface area contributed by atoms with Crippen molar-refractivity contribution in [3.63, 3.8) is 0 Å². The third-order valence-electron chi connectivity index (χ3n) is 3.54. The fourth-order valence-corrected chi connectivity index (χ4v) is 2.54. The summed E-state index contributed by atoms with van der Waals surface area (Å²) in [6.07, 6.45) is 0. The lowest BCUT2D eigenvalue weighted by atomic mass is 10.2. The lowest BCUT2D eigenvalue weighted by Crippen LogP contribution is -2.39. The van der Waals surface area contributed by atoms with Crippen LogP contribution >= 0.6 is 0 Å². The standard InChI is InChI=1S/C16H18N2O4S.C4H11N/c1-12-5-4-6-15(11-12)22-14-9-7-13(8-10-14)16(19)17-23(20,21)18(2)3;1-3-5-4-2/h4-11H,1-3H3,(H,17,19);5H,3-4H2,1-2H3. The summed E-state index contributed by atoms with van der Waals surface area (Å²) >= 11 is 0. The van der Waals surface area contributed by atoms with Crippen LogP contribution in [0.25, 0.3) is 0 Å². The van der Waals surface area contributed by atoms with E-state index in [-0.39, 0.29) is 5.56 Å². The quantitative estimate of drug-likeness (QED) is 0.737. The molecule has 2 aromatic carbocycles. The molecule has 0 saturated heterocycles. The fraction of sp³-hybridized carbons (Fsp3) is 0.350. The molecule has 0 aliphatic rings. The van der Waals surface area contributed by atoms with Crippen molar-refractivity contribution in [3.8, 4) is 11.5 Å². The van der Waals surface area contributed by atoms with Gasteiger partial charge in [-0.05, 0) is 62.0 Å². The van der Waals surface area contributed by atoms with E-state index >= 15 is 0 Å². The van der Waals surface area contributed by atoms with Crippen molar-refractivity contribution in [2.24, 2.45) is 0 Å². The highest BCUT2D eigenvalue weighted by Gasteiger charge is 2.18. The first kappa shape index (κ1) is 23.6. The molecule has 1 amide bonds. The molecule has 0 unspecified atom stereocenters. The highest BCUT2D eigenvalue weighted by Crippen LogP contribution is 2.22. The summed E-state index contributed by atoms with van der Waals surface area (Å²) in [7, 11) is -1.12. The summed E-state index contributed by atoms with van der Waals surface area (Å²) in [4.78, 5) is 11.9. The van der Waals surface area contributed by atoms with Gasteiger partial charge in [0.15, 0.2) is 0 Å². The zero-order chi connectivity index (χ0) is 21.2. The maximum atomic E-state index is 11.9. The average Bonchev–Trinajstić information content (AvgIpc) is 2.63. The summed E-state index contributed by atoms with van der Waals surface area (Å²) in [5.74, 6) is 0.556. The van der Waals surface area contributed by atoms with Crippen LogP contribution in [0.2, 0.25) is 0 Å². The van der Waals surface area contributed by atoms with Gasteiger partial charge in [-0.25, -0.2) is 4.72 Å². The Kier molecular flexibility index (Phi) is 9.64. The van der Waals surface area contributed by atoms with E-state index in [1.165, 1.54) is 26.2 Å². The van der Waals surface area contributed by atoms with E-state index in [1.807, 2.05) is 35.9 Å². The minimum absolute atomic E-state index is 0.229. The lowest BCUT2D eigenvalue weighted by Gasteiger charge is -2.12. The lowest BCUT2D eigenvalue weighted by molar-refractivity contribution is 0.0979. The van der Waals surface area contributed by atoms with Crippen molar-refractivity contribution < 1.29 is 17.9 Å². The van der Waals surface area contributed by atoms with Gasteiger partial charge < -0.3 is 10.1 Å². The summed E-state index contributed by atoms with van der Waals surface area (Å²) in [6, 6.07) is 13.8. The molecule has 0 bridgehead atoms. The number of amides is 1. The van der Waals surface area contributed by atoms with Gasteiger partial charge in [-0.3, -0.25) is 4.79 Å². The highest BCUT2D eigenvalue weighted by molar-refractivity contribution is 7.87. The Morgan fingerprint density at radius 3 is 2.07 bits per heavy atom. The third kappa shape index (κ3) is 8.08. The van der Waals surface area contributed by atoms with Crippen molar-refractivity contribution in [2.75, 3.05) is 27.2 Å². The summed E-state index contributed by atoms with van der Waals surface area (Å²) in [5, 5.41) is 3.11. The molecular formula is C20H29N3O4S. The highest BCUT2D eigenvalue weighted by atomic mass is 32.2. The summed E-state index contributed by atoms with van der Waals surface area (Å²) < 4.78 is 31.8. The van der Waals surface area contributed by atoms with E-state index < -0.39 is 16.1 Å². The Morgan fingerprint density at radius 2 is 1.61 bits per heavy atom. The van der Waals surface area contributed by atoms with Gasteiger partial charge in [-0.2, -0.15) is 12.7 Å². The van der Waals surface area contributed by atoms with Crippen LogP contribution < -0.4 is 14.8 Å². The van der Waals surface area contributed by atoms with Crippen LogP contribution in [0.1, 0.15) is 29.8 Å². The molecule has 0 saturated carbocycles. The molecule has 2 aromatic rings. The number of nitrogens with zero attached hydrogens (tertiary/aromatic N) is 1. The van der Waals surface area contributed by atoms with Crippen molar-refractivity contribution >= 4 is 16.1 Å². The molecule has 0 radical (unpaired) electrons. The second-order valence-electron chi connectivity index (χ2n) is 6.12. The molecule has 8 heteroatoms. The van der Waals surface area contributed by atoms with Gasteiger partial charge in [0.25, 0.3) is 5.91 Å². The predicted molar refractivity (Wildman–Crippen MR) is 112 cm³/mol. The molecular weight excluding hydrogens is 378 g/mol. The topological polar surface area (TPSA) is 87.7 Å². The molecule has 0 aliphatic carbocycles. The zero-order valence-corrected chi connectivity index (χ0v) is 17.8. The molecule has 0 aromatic heterocycles. The van der Waals surface area contributed by atoms with Crippen LogP contribution in [-0.4, -0.2) is 45.8 Å². The Morgan fingerprint density at radius 1 is 1.00 bits per heavy atom. The Labute approximate surface area is 167 Å². The monoisotopic (exact) mass is 407 g/mol. The first-order chi connectivity index (χ1) is 13.2. The van der Waals surface area contributed by atoms with Crippen LogP contribution in [0.5, 0.6) is 11.5 Å². The predicted octanol–water partition coefficient (Wildman–Crippen LogP) is 2.94. The van der Waals surface area contributed by atoms with Gasteiger partial charge in [-0.1, -0.05) is 26.0 Å². The summed E-state index contributed by atoms with van der Waals surface area (Å²) in [6.45, 7) is 8.35. The van der Waals surface area contributed by atoms with Gasteiger partial charge in [0.1, 0.15) is 11.5 Å². The van der Waals surface area contributed by atoms with Crippen LogP contribution in [-0.2, 0) is 10.2 Å². The SMILES string of the molecule is CCNCC.Cc1cccc(Oc2ccc(C(=O)NS(=O)(=O)N(C)C)cc2)c1. The van der Waals surface area contributed by atoms with E-state index in [2.05, 4.69) is 19.2 Å². The number of aryl methyl sites for hydroxylation is 1. The number of ether oxygens (including phenoxy) is 1. The van der Waals surface area contributed by atoms with Crippen LogP contribution in [0.15, 0.2) is 48.5 Å². The van der Waals surface area contributed by atoms with Gasteiger partial charge >= 0.3 is 10.2 Å². The first-order valence-corrected chi connectivity index (χ1v) is 10.4. The zero-order valence-electron chi connectivity index (χ0n) is 17.0. The number of carbonyl (C=O) groups excluding carboxylic acids is 1. The van der Waals surface area contributed by atoms with E-state index in [1.54, 1.807) is 12.1 Å². The van der Waals surface area contributed by atoms with Crippen LogP contribution in [0, 0.1) is 6.92 Å². The molecule has 0 heterocycles. The first-order valence-electron chi connectivity index (χ1n) is 8.99. The molecule has 28 heavy (non-hydrogen) atoms. The smallest absolute Gasteiger partial charge is 0.303 e. The van der Waals surface area contributed by atoms with Gasteiger partial charge in [0.2, 0.25) is 0 Å². The van der Waals surface area contributed by atoms with Gasteiger partial charge in [0.05, 0.1) is 0 Å². The number of benzene rings is 2. The molecule has 2 rings (SSSR count). The van der Waals surface area contributed by atoms with E-state index in [0.29, 0.717) is 11.5 Å². The molecule has 0 spiro atoms. The molecule has 0 fully saturated rings. The minimum Gasteiger partial charge on any atom is -0.457 e. The largest absolute Gasteiger partial charge is 0.457 e. The minimum atomic E-state index is -3.81. The molecule has 7 nitrogen and oxygen atoms in total. The molecule has 154 valence electrons. The van der Waals surface area contributed by atoms with Crippen LogP contribution in [0.4, 0.5) is 0 Å². The fourth-order valence-electron chi connectivity index (χ4n) is 2.01. The van der Waals surface area contributed by atoms with Crippen molar-refractivity contribution in [2.45, 2.75) is 20.8 Å². The number of rotatable bonds is 7. The van der Waals surface area contributed by atoms with Crippen molar-refractivity contribution in [3.05, 3.63) is 59.7 Å². The molecule has 2 N–H and O–H groups in total. The van der Waals surface area contributed by atoms with Crippen LogP contribution in [0.3, 0.4) is 0 Å². The van der Waals surface area contributed by atoms with Crippen molar-refractivity contribution in [1.29, 1.82) is 0 Å². The second-order valence-corrected chi connectivity index (χ2v) is 8.00. The number of nitrogens with one attached hydrogen (secondary N) is 2. The molecule has 0 aliphatic heterocycles. The number of carbonyl (C=O) groups is 1. The normalized spacial score (nSPS) is 10.8. The van der Waals surface area contributed by atoms with E-state index in [4.69, 9.17) is 4.74 Å². The average molecular weight is 408 g/mol. The third-order valence-corrected chi connectivity index (χ3v) is 4.95. The Hall–Kier alpha value is -2.42. The number of hydrogen-bond acceptors (Lipinski definition) is 5. The Bertz CT molecular complexity index is 848. The maximum absolute atomic E-state index is 11.9. The second kappa shape index (κ2) is 11.4. The van der Waals surface area contributed by atoms with Gasteiger partial charge in [-0.15, -0.1) is 0 Å². The Balaban J connectivity index is 0.000000696. The van der Waals surface area contributed by atoms with Crippen molar-refractivity contribution in [1.82, 2.24) is 14.3 Å². The van der Waals surface area contributed by atoms with Gasteiger partial charge in [0, 0.05) is 19.7 Å². The summed E-state index contributed by atoms with van der Waals surface area (Å²) in [5.41, 5.74) is 1.31. The number of hydrogen-bond donors (Lipinski definition) is 2. The van der Waals surface area contributed by atoms with E-state index in [0.717, 1.165) is 23.0 Å².